The van der Waals surface area contributed by atoms with E-state index >= 15 is 0 Å². The molecular formula is C8H6BrN2O. The highest BCUT2D eigenvalue weighted by atomic mass is 79.9. The van der Waals surface area contributed by atoms with Crippen molar-refractivity contribution in [2.45, 2.75) is 6.23 Å². The molecule has 1 aromatic rings. The Balaban J connectivity index is 2.22. The topological polar surface area (TPSA) is 24.8 Å². The first-order chi connectivity index (χ1) is 5.88. The molecule has 0 spiro atoms. The van der Waals surface area contributed by atoms with Crippen LogP contribution >= 0.6 is 16.1 Å². The van der Waals surface area contributed by atoms with Crippen LogP contribution in [-0.4, -0.2) is 10.4 Å². The molecule has 3 nitrogen and oxygen atoms in total. The van der Waals surface area contributed by atoms with Gasteiger partial charge in [-0.3, -0.25) is 0 Å². The van der Waals surface area contributed by atoms with E-state index < -0.39 is 0 Å². The van der Waals surface area contributed by atoms with E-state index in [0.29, 0.717) is 0 Å². The van der Waals surface area contributed by atoms with Gasteiger partial charge in [-0.05, 0) is 0 Å². The lowest BCUT2D eigenvalue weighted by atomic mass is 10.2. The number of hydrazone groups is 1. The van der Waals surface area contributed by atoms with E-state index in [1.165, 1.54) is 0 Å². The molecular weight excluding hydrogens is 220 g/mol. The Labute approximate surface area is 79.0 Å². The summed E-state index contributed by atoms with van der Waals surface area (Å²) in [5, 5.41) is 3.77. The molecule has 0 saturated carbocycles. The number of ether oxygens (including phenoxy) is 1. The summed E-state index contributed by atoms with van der Waals surface area (Å²) in [4.78, 5) is 0. The molecule has 0 N–H and O–H groups in total. The molecule has 0 aliphatic carbocycles. The second-order valence-corrected chi connectivity index (χ2v) is 3.09. The van der Waals surface area contributed by atoms with E-state index in [1.54, 1.807) is 4.03 Å². The van der Waals surface area contributed by atoms with Crippen LogP contribution < -0.4 is 0 Å². The van der Waals surface area contributed by atoms with Gasteiger partial charge in [-0.15, -0.1) is 5.10 Å². The largest absolute Gasteiger partial charge is 0.442 e. The maximum Gasteiger partial charge on any atom is 0.299 e. The van der Waals surface area contributed by atoms with Gasteiger partial charge in [0, 0.05) is 5.56 Å². The van der Waals surface area contributed by atoms with E-state index in [-0.39, 0.29) is 6.23 Å². The highest BCUT2D eigenvalue weighted by Crippen LogP contribution is 2.27. The van der Waals surface area contributed by atoms with Crippen molar-refractivity contribution in [1.29, 1.82) is 0 Å². The summed E-state index contributed by atoms with van der Waals surface area (Å²) >= 11 is 3.22. The van der Waals surface area contributed by atoms with E-state index in [0.717, 1.165) is 5.56 Å². The monoisotopic (exact) mass is 225 g/mol. The van der Waals surface area contributed by atoms with Crippen molar-refractivity contribution in [3.63, 3.8) is 0 Å². The van der Waals surface area contributed by atoms with Crippen LogP contribution in [0.1, 0.15) is 11.8 Å². The number of rotatable bonds is 1. The van der Waals surface area contributed by atoms with Gasteiger partial charge in [0.2, 0.25) is 6.23 Å². The number of halogens is 1. The molecule has 1 aliphatic heterocycles. The summed E-state index contributed by atoms with van der Waals surface area (Å²) in [6.07, 6.45) is 2.24. The van der Waals surface area contributed by atoms with E-state index in [9.17, 15) is 0 Å². The van der Waals surface area contributed by atoms with Crippen LogP contribution in [0.5, 0.6) is 0 Å². The van der Waals surface area contributed by atoms with Crippen LogP contribution in [0, 0.1) is 0 Å². The number of hydrogen-bond acceptors (Lipinski definition) is 3. The van der Waals surface area contributed by atoms with Crippen molar-refractivity contribution in [3.05, 3.63) is 35.9 Å². The van der Waals surface area contributed by atoms with Gasteiger partial charge in [-0.2, -0.15) is 4.03 Å². The summed E-state index contributed by atoms with van der Waals surface area (Å²) in [6.45, 7) is 0. The van der Waals surface area contributed by atoms with Crippen molar-refractivity contribution in [1.82, 2.24) is 4.03 Å². The molecule has 0 bridgehead atoms. The van der Waals surface area contributed by atoms with Crippen LogP contribution in [0.25, 0.3) is 0 Å². The Morgan fingerprint density at radius 1 is 1.42 bits per heavy atom. The fraction of sp³-hybridized carbons (Fsp3) is 0.125. The third-order valence-electron chi connectivity index (χ3n) is 1.58. The summed E-state index contributed by atoms with van der Waals surface area (Å²) in [5.41, 5.74) is 1.04. The molecule has 1 aromatic carbocycles. The van der Waals surface area contributed by atoms with Gasteiger partial charge in [-0.25, -0.2) is 0 Å². The molecule has 61 valence electrons. The normalized spacial score (nSPS) is 21.1. The molecule has 0 amide bonds. The molecule has 1 heterocycles. The van der Waals surface area contributed by atoms with Crippen LogP contribution in [0.3, 0.4) is 0 Å². The van der Waals surface area contributed by atoms with Crippen LogP contribution in [0.15, 0.2) is 35.4 Å². The fourth-order valence-corrected chi connectivity index (χ4v) is 1.40. The van der Waals surface area contributed by atoms with Crippen molar-refractivity contribution in [2.75, 3.05) is 0 Å². The molecule has 1 aliphatic rings. The molecule has 12 heavy (non-hydrogen) atoms. The molecule has 2 rings (SSSR count). The third-order valence-corrected chi connectivity index (χ3v) is 2.11. The maximum atomic E-state index is 5.11. The fourth-order valence-electron chi connectivity index (χ4n) is 1.02. The van der Waals surface area contributed by atoms with Gasteiger partial charge < -0.3 is 4.74 Å². The van der Waals surface area contributed by atoms with Gasteiger partial charge >= 0.3 is 0 Å². The summed E-state index contributed by atoms with van der Waals surface area (Å²) in [6, 6.07) is 9.82. The first kappa shape index (κ1) is 7.61. The third kappa shape index (κ3) is 1.30. The highest BCUT2D eigenvalue weighted by molar-refractivity contribution is 9.07. The molecule has 1 radical (unpaired) electrons. The van der Waals surface area contributed by atoms with E-state index in [1.807, 2.05) is 30.3 Å². The molecule has 1 atom stereocenters. The average molecular weight is 226 g/mol. The Kier molecular flexibility index (Phi) is 1.99. The molecule has 0 saturated heterocycles. The van der Waals surface area contributed by atoms with Crippen LogP contribution in [-0.2, 0) is 4.74 Å². The SMILES string of the molecule is BrN1N=[C]OC1c1ccccc1. The van der Waals surface area contributed by atoms with Crippen molar-refractivity contribution in [2.24, 2.45) is 5.10 Å². The minimum Gasteiger partial charge on any atom is -0.442 e. The Bertz CT molecular complexity index is 288. The Morgan fingerprint density at radius 2 is 2.17 bits per heavy atom. The van der Waals surface area contributed by atoms with Crippen LogP contribution in [0.4, 0.5) is 0 Å². The molecule has 4 heteroatoms. The standard InChI is InChI=1S/C8H6BrN2O/c9-11-8(12-6-10-11)7-4-2-1-3-5-7/h1-5,8H. The second-order valence-electron chi connectivity index (χ2n) is 2.36. The van der Waals surface area contributed by atoms with Crippen molar-refractivity contribution < 1.29 is 4.74 Å². The zero-order valence-corrected chi connectivity index (χ0v) is 7.73. The Morgan fingerprint density at radius 3 is 2.75 bits per heavy atom. The van der Waals surface area contributed by atoms with Gasteiger partial charge in [0.25, 0.3) is 6.40 Å². The minimum atomic E-state index is -0.189. The maximum absolute atomic E-state index is 5.11. The van der Waals surface area contributed by atoms with Gasteiger partial charge in [0.1, 0.15) is 0 Å². The predicted octanol–water partition coefficient (Wildman–Crippen LogP) is 2.15. The number of benzene rings is 1. The lowest BCUT2D eigenvalue weighted by Crippen LogP contribution is -2.09. The van der Waals surface area contributed by atoms with Crippen molar-refractivity contribution in [3.8, 4) is 0 Å². The lowest BCUT2D eigenvalue weighted by Gasteiger charge is -2.14. The van der Waals surface area contributed by atoms with Gasteiger partial charge in [-0.1, -0.05) is 30.3 Å². The highest BCUT2D eigenvalue weighted by Gasteiger charge is 2.22. The first-order valence-corrected chi connectivity index (χ1v) is 4.20. The van der Waals surface area contributed by atoms with Gasteiger partial charge in [0.05, 0.1) is 16.1 Å². The van der Waals surface area contributed by atoms with E-state index in [4.69, 9.17) is 4.74 Å². The van der Waals surface area contributed by atoms with Crippen LogP contribution in [0.2, 0.25) is 0 Å². The molecule has 0 fully saturated rings. The predicted molar refractivity (Wildman–Crippen MR) is 48.5 cm³/mol. The quantitative estimate of drug-likeness (QED) is 0.685. The smallest absolute Gasteiger partial charge is 0.299 e. The molecule has 0 aromatic heterocycles. The lowest BCUT2D eigenvalue weighted by molar-refractivity contribution is 0.139. The average Bonchev–Trinajstić information content (AvgIpc) is 2.53. The van der Waals surface area contributed by atoms with Crippen molar-refractivity contribution >= 4 is 22.5 Å². The second kappa shape index (κ2) is 3.15. The first-order valence-electron chi connectivity index (χ1n) is 3.49. The van der Waals surface area contributed by atoms with E-state index in [2.05, 4.69) is 27.6 Å². The Hall–Kier alpha value is -1.03. The summed E-state index contributed by atoms with van der Waals surface area (Å²) in [7, 11) is 0. The minimum absolute atomic E-state index is 0.189. The van der Waals surface area contributed by atoms with Gasteiger partial charge in [0.15, 0.2) is 0 Å². The summed E-state index contributed by atoms with van der Waals surface area (Å²) < 4.78 is 6.66. The zero-order valence-electron chi connectivity index (χ0n) is 6.14. The zero-order chi connectivity index (χ0) is 8.39. The number of nitrogens with zero attached hydrogens (tertiary/aromatic N) is 2. The molecule has 1 unspecified atom stereocenters. The summed E-state index contributed by atoms with van der Waals surface area (Å²) in [5.74, 6) is 0. The number of hydrogen-bond donors (Lipinski definition) is 0.